The number of ether oxygens (including phenoxy) is 2. The van der Waals surface area contributed by atoms with E-state index in [1.54, 1.807) is 7.11 Å². The quantitative estimate of drug-likeness (QED) is 0.532. The van der Waals surface area contributed by atoms with Gasteiger partial charge in [-0.2, -0.15) is 0 Å². The van der Waals surface area contributed by atoms with Crippen LogP contribution in [-0.2, 0) is 16.0 Å². The van der Waals surface area contributed by atoms with Gasteiger partial charge in [0.05, 0.1) is 25.9 Å². The topological polar surface area (TPSA) is 55.7 Å². The Kier molecular flexibility index (Phi) is 7.71. The third-order valence-corrected chi connectivity index (χ3v) is 6.87. The molecule has 7 heteroatoms. The van der Waals surface area contributed by atoms with Gasteiger partial charge in [-0.1, -0.05) is 23.7 Å². The number of amides is 1. The van der Waals surface area contributed by atoms with Crippen LogP contribution in [0.4, 0.5) is 0 Å². The fraction of sp³-hybridized carbons (Fsp3) is 0.423. The highest BCUT2D eigenvalue weighted by atomic mass is 35.5. The predicted octanol–water partition coefficient (Wildman–Crippen LogP) is 4.36. The van der Waals surface area contributed by atoms with Crippen molar-refractivity contribution in [2.45, 2.75) is 26.4 Å². The van der Waals surface area contributed by atoms with Crippen LogP contribution in [0.15, 0.2) is 42.5 Å². The van der Waals surface area contributed by atoms with Crippen LogP contribution in [-0.4, -0.2) is 61.9 Å². The molecule has 1 aliphatic rings. The highest BCUT2D eigenvalue weighted by Crippen LogP contribution is 2.27. The molecule has 2 heterocycles. The Morgan fingerprint density at radius 3 is 2.58 bits per heavy atom. The van der Waals surface area contributed by atoms with Crippen LogP contribution in [0.25, 0.3) is 10.9 Å². The van der Waals surface area contributed by atoms with E-state index in [9.17, 15) is 4.79 Å². The van der Waals surface area contributed by atoms with Gasteiger partial charge in [0.1, 0.15) is 0 Å². The van der Waals surface area contributed by atoms with Crippen molar-refractivity contribution in [3.63, 3.8) is 0 Å². The van der Waals surface area contributed by atoms with Gasteiger partial charge in [0.25, 0.3) is 5.91 Å². The van der Waals surface area contributed by atoms with Crippen LogP contribution in [0, 0.1) is 13.8 Å². The number of nitrogens with one attached hydrogen (secondary N) is 1. The fourth-order valence-electron chi connectivity index (χ4n) is 4.59. The highest BCUT2D eigenvalue weighted by Gasteiger charge is 2.23. The summed E-state index contributed by atoms with van der Waals surface area (Å²) < 4.78 is 13.0. The fourth-order valence-corrected chi connectivity index (χ4v) is 4.71. The molecule has 1 atom stereocenters. The van der Waals surface area contributed by atoms with E-state index in [4.69, 9.17) is 21.1 Å². The van der Waals surface area contributed by atoms with E-state index in [1.807, 2.05) is 42.5 Å². The molecule has 6 nitrogen and oxygen atoms in total. The van der Waals surface area contributed by atoms with Gasteiger partial charge < -0.3 is 19.4 Å². The maximum absolute atomic E-state index is 13.1. The lowest BCUT2D eigenvalue weighted by Crippen LogP contribution is -2.43. The molecule has 2 aromatic carbocycles. The maximum Gasteiger partial charge on any atom is 0.251 e. The van der Waals surface area contributed by atoms with Gasteiger partial charge in [-0.25, -0.2) is 0 Å². The lowest BCUT2D eigenvalue weighted by molar-refractivity contribution is 0.0162. The summed E-state index contributed by atoms with van der Waals surface area (Å²) in [5.41, 5.74) is 5.34. The summed E-state index contributed by atoms with van der Waals surface area (Å²) in [6.07, 6.45) is 0. The molecule has 0 saturated carbocycles. The van der Waals surface area contributed by atoms with Crippen molar-refractivity contribution in [1.29, 1.82) is 0 Å². The molecule has 176 valence electrons. The summed E-state index contributed by atoms with van der Waals surface area (Å²) in [7, 11) is 1.71. The lowest BCUT2D eigenvalue weighted by atomic mass is 10.0. The Morgan fingerprint density at radius 1 is 1.15 bits per heavy atom. The van der Waals surface area contributed by atoms with E-state index in [1.165, 1.54) is 11.3 Å². The maximum atomic E-state index is 13.1. The molecular weight excluding hydrogens is 438 g/mol. The minimum atomic E-state index is -0.0641. The Hall–Kier alpha value is -2.38. The summed E-state index contributed by atoms with van der Waals surface area (Å²) in [5.74, 6) is -0.0641. The minimum Gasteiger partial charge on any atom is -0.383 e. The number of aromatic nitrogens is 1. The van der Waals surface area contributed by atoms with E-state index in [0.29, 0.717) is 37.0 Å². The smallest absolute Gasteiger partial charge is 0.251 e. The number of benzene rings is 2. The van der Waals surface area contributed by atoms with Gasteiger partial charge in [0.2, 0.25) is 0 Å². The number of hydrogen-bond acceptors (Lipinski definition) is 4. The third-order valence-electron chi connectivity index (χ3n) is 6.62. The predicted molar refractivity (Wildman–Crippen MR) is 132 cm³/mol. The first-order valence-corrected chi connectivity index (χ1v) is 11.8. The molecule has 1 fully saturated rings. The molecule has 1 amide bonds. The van der Waals surface area contributed by atoms with Crippen LogP contribution in [0.3, 0.4) is 0 Å². The van der Waals surface area contributed by atoms with Gasteiger partial charge in [-0.3, -0.25) is 9.69 Å². The normalized spacial score (nSPS) is 15.6. The molecular formula is C26H32ClN3O3. The summed E-state index contributed by atoms with van der Waals surface area (Å²) in [5, 5.41) is 4.99. The second-order valence-corrected chi connectivity index (χ2v) is 8.95. The summed E-state index contributed by atoms with van der Waals surface area (Å²) in [6, 6.07) is 13.9. The molecule has 0 bridgehead atoms. The van der Waals surface area contributed by atoms with Gasteiger partial charge in [0, 0.05) is 60.5 Å². The number of carbonyl (C=O) groups is 1. The van der Waals surface area contributed by atoms with Gasteiger partial charge in [0.15, 0.2) is 0 Å². The van der Waals surface area contributed by atoms with Crippen molar-refractivity contribution in [3.05, 3.63) is 69.9 Å². The van der Waals surface area contributed by atoms with Crippen molar-refractivity contribution < 1.29 is 14.3 Å². The number of methoxy groups -OCH3 is 1. The molecule has 1 aromatic heterocycles. The van der Waals surface area contributed by atoms with E-state index in [-0.39, 0.29) is 11.9 Å². The van der Waals surface area contributed by atoms with Gasteiger partial charge in [-0.15, -0.1) is 0 Å². The van der Waals surface area contributed by atoms with Crippen molar-refractivity contribution >= 4 is 28.4 Å². The number of aryl methyl sites for hydroxylation is 1. The van der Waals surface area contributed by atoms with Crippen molar-refractivity contribution in [1.82, 2.24) is 14.8 Å². The van der Waals surface area contributed by atoms with Gasteiger partial charge >= 0.3 is 0 Å². The lowest BCUT2D eigenvalue weighted by Gasteiger charge is -2.35. The molecule has 0 aliphatic carbocycles. The first kappa shape index (κ1) is 23.8. The first-order chi connectivity index (χ1) is 16.0. The van der Waals surface area contributed by atoms with Crippen molar-refractivity contribution in [3.8, 4) is 0 Å². The van der Waals surface area contributed by atoms with E-state index < -0.39 is 0 Å². The molecule has 1 N–H and O–H groups in total. The number of nitrogens with zero attached hydrogens (tertiary/aromatic N) is 2. The average Bonchev–Trinajstić information content (AvgIpc) is 3.08. The molecule has 1 unspecified atom stereocenters. The number of carbonyl (C=O) groups excluding carboxylic acids is 1. The van der Waals surface area contributed by atoms with Crippen molar-refractivity contribution in [2.24, 2.45) is 0 Å². The van der Waals surface area contributed by atoms with Crippen LogP contribution in [0.2, 0.25) is 5.02 Å². The number of fused-ring (bicyclic) bond motifs is 1. The SMILES string of the molecule is COCCn1c(C)c(C)c2cc(C(=O)NCC(c3ccc(Cl)cc3)N3CCOCC3)ccc21. The Labute approximate surface area is 200 Å². The molecule has 0 radical (unpaired) electrons. The standard InChI is InChI=1S/C26H32ClN3O3/c1-18-19(2)30(12-13-32-3)24-9-6-21(16-23(18)24)26(31)28-17-25(29-10-14-33-15-11-29)20-4-7-22(27)8-5-20/h4-9,16,25H,10-15,17H2,1-3H3,(H,28,31). The van der Waals surface area contributed by atoms with E-state index in [0.717, 1.165) is 36.1 Å². The molecule has 4 rings (SSSR count). The van der Waals surface area contributed by atoms with Crippen LogP contribution >= 0.6 is 11.6 Å². The van der Waals surface area contributed by atoms with Crippen LogP contribution < -0.4 is 5.32 Å². The molecule has 3 aromatic rings. The Bertz CT molecular complexity index is 1100. The zero-order valence-corrected chi connectivity index (χ0v) is 20.3. The molecule has 0 spiro atoms. The number of hydrogen-bond donors (Lipinski definition) is 1. The first-order valence-electron chi connectivity index (χ1n) is 11.4. The summed E-state index contributed by atoms with van der Waals surface area (Å²) in [6.45, 7) is 9.26. The van der Waals surface area contributed by atoms with Crippen LogP contribution in [0.5, 0.6) is 0 Å². The average molecular weight is 470 g/mol. The third kappa shape index (κ3) is 5.25. The second-order valence-electron chi connectivity index (χ2n) is 8.51. The summed E-state index contributed by atoms with van der Waals surface area (Å²) >= 11 is 6.10. The zero-order chi connectivity index (χ0) is 23.4. The molecule has 33 heavy (non-hydrogen) atoms. The Morgan fingerprint density at radius 2 is 1.88 bits per heavy atom. The summed E-state index contributed by atoms with van der Waals surface area (Å²) in [4.78, 5) is 15.5. The van der Waals surface area contributed by atoms with E-state index in [2.05, 4.69) is 28.6 Å². The number of morpholine rings is 1. The largest absolute Gasteiger partial charge is 0.383 e. The molecule has 1 saturated heterocycles. The zero-order valence-electron chi connectivity index (χ0n) is 19.6. The second kappa shape index (κ2) is 10.7. The Balaban J connectivity index is 1.53. The number of halogens is 1. The van der Waals surface area contributed by atoms with E-state index >= 15 is 0 Å². The number of rotatable bonds is 8. The minimum absolute atomic E-state index is 0.0641. The highest BCUT2D eigenvalue weighted by molar-refractivity contribution is 6.30. The van der Waals surface area contributed by atoms with Crippen molar-refractivity contribution in [2.75, 3.05) is 46.6 Å². The molecule has 1 aliphatic heterocycles. The monoisotopic (exact) mass is 469 g/mol. The van der Waals surface area contributed by atoms with Crippen LogP contribution in [0.1, 0.15) is 33.2 Å². The van der Waals surface area contributed by atoms with Gasteiger partial charge in [-0.05, 0) is 55.3 Å².